The minimum Gasteiger partial charge on any atom is -0.444 e. The van der Waals surface area contributed by atoms with E-state index in [2.05, 4.69) is 9.71 Å². The van der Waals surface area contributed by atoms with Crippen LogP contribution < -0.4 is 4.72 Å². The number of fused-ring (bicyclic) bond motifs is 1. The summed E-state index contributed by atoms with van der Waals surface area (Å²) in [6, 6.07) is 9.39. The van der Waals surface area contributed by atoms with Gasteiger partial charge >= 0.3 is 6.09 Å². The third kappa shape index (κ3) is 3.60. The Morgan fingerprint density at radius 2 is 2.08 bits per heavy atom. The van der Waals surface area contributed by atoms with Crippen molar-refractivity contribution in [2.75, 3.05) is 6.54 Å². The van der Waals surface area contributed by atoms with E-state index in [1.807, 2.05) is 30.3 Å². The molecule has 2 aliphatic rings. The fourth-order valence-corrected chi connectivity index (χ4v) is 5.41. The molecule has 0 saturated heterocycles. The van der Waals surface area contributed by atoms with Crippen LogP contribution >= 0.6 is 11.3 Å². The molecule has 0 spiro atoms. The molecule has 1 aromatic carbocycles. The summed E-state index contributed by atoms with van der Waals surface area (Å²) in [6.07, 6.45) is 0.629. The highest BCUT2D eigenvalue weighted by Crippen LogP contribution is 2.35. The Morgan fingerprint density at radius 3 is 2.81 bits per heavy atom. The molecule has 9 heteroatoms. The van der Waals surface area contributed by atoms with Crippen LogP contribution in [0.4, 0.5) is 4.79 Å². The number of nitrogens with one attached hydrogen (secondary N) is 1. The second-order valence-corrected chi connectivity index (χ2v) is 9.29. The summed E-state index contributed by atoms with van der Waals surface area (Å²) in [5.41, 5.74) is 3.40. The van der Waals surface area contributed by atoms with Crippen molar-refractivity contribution in [3.63, 3.8) is 0 Å². The molecule has 1 amide bonds. The molecule has 0 bridgehead atoms. The first-order valence-corrected chi connectivity index (χ1v) is 10.9. The number of nitrogens with zero attached hydrogens (tertiary/aromatic N) is 2. The van der Waals surface area contributed by atoms with Gasteiger partial charge in [0.15, 0.2) is 0 Å². The lowest BCUT2D eigenvalue weighted by molar-refractivity contribution is 0.0753. The van der Waals surface area contributed by atoms with Crippen LogP contribution in [0.25, 0.3) is 0 Å². The molecule has 26 heavy (non-hydrogen) atoms. The van der Waals surface area contributed by atoms with Crippen LogP contribution in [-0.4, -0.2) is 36.2 Å². The zero-order valence-corrected chi connectivity index (χ0v) is 15.6. The lowest BCUT2D eigenvalue weighted by Crippen LogP contribution is -2.48. The monoisotopic (exact) mass is 393 g/mol. The van der Waals surface area contributed by atoms with Crippen molar-refractivity contribution in [3.05, 3.63) is 52.0 Å². The molecule has 138 valence electrons. The number of hydrogen-bond donors (Lipinski definition) is 1. The fourth-order valence-electron chi connectivity index (χ4n) is 2.93. The molecular formula is C17H19N3O4S2. The molecule has 2 heterocycles. The van der Waals surface area contributed by atoms with Crippen molar-refractivity contribution in [2.45, 2.75) is 37.3 Å². The van der Waals surface area contributed by atoms with E-state index < -0.39 is 22.3 Å². The molecule has 1 saturated carbocycles. The number of carbonyl (C=O) groups excluding carboxylic acids is 1. The number of amides is 1. The number of carbonyl (C=O) groups is 1. The van der Waals surface area contributed by atoms with Crippen molar-refractivity contribution in [1.29, 1.82) is 0 Å². The number of rotatable bonds is 5. The van der Waals surface area contributed by atoms with Gasteiger partial charge in [-0.25, -0.2) is 18.2 Å². The van der Waals surface area contributed by atoms with Gasteiger partial charge in [-0.05, 0) is 18.4 Å². The predicted molar refractivity (Wildman–Crippen MR) is 97.0 cm³/mol. The summed E-state index contributed by atoms with van der Waals surface area (Å²) >= 11 is 1.35. The van der Waals surface area contributed by atoms with Crippen LogP contribution in [0.1, 0.15) is 35.1 Å². The Balaban J connectivity index is 1.52. The van der Waals surface area contributed by atoms with Crippen molar-refractivity contribution < 1.29 is 17.9 Å². The molecule has 1 aliphatic heterocycles. The fraction of sp³-hybridized carbons (Fsp3) is 0.412. The van der Waals surface area contributed by atoms with Crippen LogP contribution in [0.2, 0.25) is 0 Å². The normalized spacial score (nSPS) is 19.8. The maximum absolute atomic E-state index is 12.6. The van der Waals surface area contributed by atoms with Crippen molar-refractivity contribution in [1.82, 2.24) is 14.6 Å². The third-order valence-electron chi connectivity index (χ3n) is 4.50. The lowest BCUT2D eigenvalue weighted by Gasteiger charge is -2.34. The Bertz CT molecular complexity index is 894. The number of aromatic nitrogens is 1. The number of sulfonamides is 1. The average molecular weight is 393 g/mol. The van der Waals surface area contributed by atoms with E-state index in [0.717, 1.165) is 16.1 Å². The van der Waals surface area contributed by atoms with Gasteiger partial charge in [0.2, 0.25) is 10.0 Å². The van der Waals surface area contributed by atoms with Gasteiger partial charge in [-0.1, -0.05) is 30.3 Å². The van der Waals surface area contributed by atoms with Crippen molar-refractivity contribution in [3.8, 4) is 0 Å². The summed E-state index contributed by atoms with van der Waals surface area (Å²) in [5, 5.41) is -0.358. The minimum atomic E-state index is -3.46. The van der Waals surface area contributed by atoms with E-state index in [9.17, 15) is 13.2 Å². The first kappa shape index (κ1) is 17.4. The Hall–Kier alpha value is -1.97. The standard InChI is InChI=1S/C17H19N3O4S2/c21-17(24-10-12-4-2-1-3-5-12)20-9-8-14-15(25-11-18-14)16(20)19-26(22,23)13-6-7-13/h1-5,11,13,16,19H,6-10H2. The second-order valence-electron chi connectivity index (χ2n) is 6.41. The van der Waals surface area contributed by atoms with E-state index in [4.69, 9.17) is 4.74 Å². The quantitative estimate of drug-likeness (QED) is 0.843. The van der Waals surface area contributed by atoms with Gasteiger partial charge in [-0.3, -0.25) is 4.90 Å². The number of ether oxygens (including phenoxy) is 1. The molecule has 2 aromatic rings. The number of hydrogen-bond acceptors (Lipinski definition) is 6. The molecule has 1 atom stereocenters. The van der Waals surface area contributed by atoms with Gasteiger partial charge in [-0.2, -0.15) is 4.72 Å². The lowest BCUT2D eigenvalue weighted by atomic mass is 10.1. The average Bonchev–Trinajstić information content (AvgIpc) is 3.40. The van der Waals surface area contributed by atoms with Crippen LogP contribution in [0.15, 0.2) is 35.8 Å². The van der Waals surface area contributed by atoms with E-state index in [1.54, 1.807) is 5.51 Å². The molecular weight excluding hydrogens is 374 g/mol. The van der Waals surface area contributed by atoms with Gasteiger partial charge in [0.05, 0.1) is 21.3 Å². The van der Waals surface area contributed by atoms with Crippen LogP contribution in [0, 0.1) is 0 Å². The van der Waals surface area contributed by atoms with Gasteiger partial charge < -0.3 is 4.74 Å². The minimum absolute atomic E-state index is 0.147. The second kappa shape index (κ2) is 6.98. The van der Waals surface area contributed by atoms with E-state index in [-0.39, 0.29) is 11.9 Å². The molecule has 0 radical (unpaired) electrons. The zero-order chi connectivity index (χ0) is 18.1. The summed E-state index contributed by atoms with van der Waals surface area (Å²) in [5.74, 6) is 0. The van der Waals surface area contributed by atoms with E-state index >= 15 is 0 Å². The SMILES string of the molecule is O=C(OCc1ccccc1)N1CCc2ncsc2C1NS(=O)(=O)C1CC1. The van der Waals surface area contributed by atoms with Crippen LogP contribution in [0.3, 0.4) is 0 Å². The first-order valence-electron chi connectivity index (χ1n) is 8.45. The van der Waals surface area contributed by atoms with Gasteiger partial charge in [-0.15, -0.1) is 11.3 Å². The smallest absolute Gasteiger partial charge is 0.411 e. The molecule has 1 N–H and O–H groups in total. The van der Waals surface area contributed by atoms with Gasteiger partial charge in [0, 0.05) is 13.0 Å². The maximum Gasteiger partial charge on any atom is 0.411 e. The third-order valence-corrected chi connectivity index (χ3v) is 7.33. The van der Waals surface area contributed by atoms with Crippen LogP contribution in [0.5, 0.6) is 0 Å². The highest BCUT2D eigenvalue weighted by atomic mass is 32.2. The Labute approximate surface area is 156 Å². The summed E-state index contributed by atoms with van der Waals surface area (Å²) in [4.78, 5) is 19.1. The Kier molecular flexibility index (Phi) is 4.68. The Morgan fingerprint density at radius 1 is 1.31 bits per heavy atom. The first-order chi connectivity index (χ1) is 12.5. The number of thiazole rings is 1. The van der Waals surface area contributed by atoms with E-state index in [0.29, 0.717) is 25.8 Å². The maximum atomic E-state index is 12.6. The highest BCUT2D eigenvalue weighted by molar-refractivity contribution is 7.90. The van der Waals surface area contributed by atoms with E-state index in [1.165, 1.54) is 16.2 Å². The molecule has 1 fully saturated rings. The van der Waals surface area contributed by atoms with Crippen LogP contribution in [-0.2, 0) is 27.8 Å². The largest absolute Gasteiger partial charge is 0.444 e. The summed E-state index contributed by atoms with van der Waals surface area (Å²) < 4.78 is 33.0. The molecule has 7 nitrogen and oxygen atoms in total. The predicted octanol–water partition coefficient (Wildman–Crippen LogP) is 2.42. The summed E-state index contributed by atoms with van der Waals surface area (Å²) in [6.45, 7) is 0.510. The molecule has 1 aliphatic carbocycles. The highest BCUT2D eigenvalue weighted by Gasteiger charge is 2.42. The topological polar surface area (TPSA) is 88.6 Å². The van der Waals surface area contributed by atoms with Crippen molar-refractivity contribution in [2.24, 2.45) is 0 Å². The molecule has 1 unspecified atom stereocenters. The zero-order valence-electron chi connectivity index (χ0n) is 14.0. The van der Waals surface area contributed by atoms with Crippen molar-refractivity contribution >= 4 is 27.5 Å². The number of benzene rings is 1. The molecule has 1 aromatic heterocycles. The summed E-state index contributed by atoms with van der Waals surface area (Å²) in [7, 11) is -3.46. The van der Waals surface area contributed by atoms with Gasteiger partial charge in [0.1, 0.15) is 12.8 Å². The van der Waals surface area contributed by atoms with Gasteiger partial charge in [0.25, 0.3) is 0 Å². The molecule has 4 rings (SSSR count).